The molecule has 5 nitrogen and oxygen atoms in total. The lowest BCUT2D eigenvalue weighted by Gasteiger charge is -2.18. The molecule has 1 unspecified atom stereocenters. The Morgan fingerprint density at radius 1 is 1.33 bits per heavy atom. The Kier molecular flexibility index (Phi) is 6.09. The lowest BCUT2D eigenvalue weighted by molar-refractivity contribution is -0.119. The Bertz CT molecular complexity index is 658. The van der Waals surface area contributed by atoms with Gasteiger partial charge >= 0.3 is 0 Å². The molecule has 1 atom stereocenters. The Hall–Kier alpha value is -1.60. The number of anilines is 1. The Labute approximate surface area is 150 Å². The molecule has 0 spiro atoms. The summed E-state index contributed by atoms with van der Waals surface area (Å²) in [7, 11) is 0. The lowest BCUT2D eigenvalue weighted by atomic mass is 10.0. The molecule has 1 aromatic heterocycles. The van der Waals surface area contributed by atoms with Crippen LogP contribution in [0.1, 0.15) is 37.8 Å². The van der Waals surface area contributed by atoms with E-state index in [1.54, 1.807) is 0 Å². The first-order valence-electron chi connectivity index (χ1n) is 8.30. The maximum absolute atomic E-state index is 12.3. The van der Waals surface area contributed by atoms with E-state index < -0.39 is 0 Å². The first-order valence-corrected chi connectivity index (χ1v) is 10.1. The predicted octanol–water partition coefficient (Wildman–Crippen LogP) is 3.72. The van der Waals surface area contributed by atoms with Crippen LogP contribution in [0.25, 0.3) is 0 Å². The highest BCUT2D eigenvalue weighted by atomic mass is 32.2. The zero-order valence-corrected chi connectivity index (χ0v) is 15.3. The topological polar surface area (TPSA) is 66.9 Å². The molecule has 0 aliphatic heterocycles. The summed E-state index contributed by atoms with van der Waals surface area (Å²) in [5.74, 6) is 1.00. The summed E-state index contributed by atoms with van der Waals surface area (Å²) in [6, 6.07) is 10.4. The van der Waals surface area contributed by atoms with Crippen LogP contribution in [-0.4, -0.2) is 28.4 Å². The summed E-state index contributed by atoms with van der Waals surface area (Å²) in [5, 5.41) is 15.4. The number of nitrogens with zero attached hydrogens (tertiary/aromatic N) is 2. The highest BCUT2D eigenvalue weighted by Gasteiger charge is 2.33. The van der Waals surface area contributed by atoms with E-state index in [1.807, 2.05) is 18.2 Å². The second kappa shape index (κ2) is 8.48. The van der Waals surface area contributed by atoms with Crippen LogP contribution in [0.4, 0.5) is 5.13 Å². The van der Waals surface area contributed by atoms with Crippen LogP contribution < -0.4 is 10.6 Å². The largest absolute Gasteiger partial charge is 0.360 e. The third-order valence-corrected chi connectivity index (χ3v) is 5.84. The van der Waals surface area contributed by atoms with E-state index in [9.17, 15) is 4.79 Å². The first-order chi connectivity index (χ1) is 11.8. The van der Waals surface area contributed by atoms with Crippen molar-refractivity contribution in [3.8, 4) is 0 Å². The van der Waals surface area contributed by atoms with Gasteiger partial charge in [-0.15, -0.1) is 10.2 Å². The van der Waals surface area contributed by atoms with Gasteiger partial charge in [0, 0.05) is 6.54 Å². The van der Waals surface area contributed by atoms with E-state index in [4.69, 9.17) is 0 Å². The smallest absolute Gasteiger partial charge is 0.230 e. The van der Waals surface area contributed by atoms with Crippen LogP contribution in [0.5, 0.6) is 0 Å². The molecule has 128 valence electrons. The number of nitrogens with one attached hydrogen (secondary N) is 2. The van der Waals surface area contributed by atoms with Crippen LogP contribution in [0, 0.1) is 5.92 Å². The average Bonchev–Trinajstić information content (AvgIpc) is 3.35. The number of benzene rings is 1. The lowest BCUT2D eigenvalue weighted by Crippen LogP contribution is -2.31. The number of rotatable bonds is 9. The van der Waals surface area contributed by atoms with Crippen molar-refractivity contribution >= 4 is 34.1 Å². The number of hydrogen-bond acceptors (Lipinski definition) is 6. The molecule has 1 saturated carbocycles. The number of amides is 1. The van der Waals surface area contributed by atoms with Gasteiger partial charge < -0.3 is 10.6 Å². The summed E-state index contributed by atoms with van der Waals surface area (Å²) in [5.41, 5.74) is 1.19. The SMILES string of the molecule is CCCNc1nnc(SCC(=O)NC(c2ccccc2)C2CC2)s1. The molecule has 0 radical (unpaired) electrons. The van der Waals surface area contributed by atoms with Crippen molar-refractivity contribution in [1.82, 2.24) is 15.5 Å². The molecule has 24 heavy (non-hydrogen) atoms. The van der Waals surface area contributed by atoms with Crippen LogP contribution in [-0.2, 0) is 4.79 Å². The molecule has 1 aliphatic rings. The van der Waals surface area contributed by atoms with E-state index in [1.165, 1.54) is 41.5 Å². The second-order valence-electron chi connectivity index (χ2n) is 5.88. The van der Waals surface area contributed by atoms with Gasteiger partial charge in [-0.05, 0) is 30.7 Å². The average molecular weight is 363 g/mol. The third kappa shape index (κ3) is 4.95. The number of aromatic nitrogens is 2. The van der Waals surface area contributed by atoms with Crippen molar-refractivity contribution in [2.75, 3.05) is 17.6 Å². The second-order valence-corrected chi connectivity index (χ2v) is 8.08. The molecule has 1 fully saturated rings. The molecule has 0 bridgehead atoms. The van der Waals surface area contributed by atoms with E-state index in [0.717, 1.165) is 22.4 Å². The number of carbonyl (C=O) groups is 1. The molecule has 1 aliphatic carbocycles. The molecule has 2 aromatic rings. The molecular weight excluding hydrogens is 340 g/mol. The van der Waals surface area contributed by atoms with Crippen molar-refractivity contribution in [1.29, 1.82) is 0 Å². The molecule has 1 heterocycles. The van der Waals surface area contributed by atoms with Gasteiger partial charge in [0.05, 0.1) is 11.8 Å². The molecule has 1 amide bonds. The first kappa shape index (κ1) is 17.2. The van der Waals surface area contributed by atoms with Crippen LogP contribution in [0.2, 0.25) is 0 Å². The zero-order chi connectivity index (χ0) is 16.8. The van der Waals surface area contributed by atoms with Gasteiger partial charge in [0.15, 0.2) is 4.34 Å². The van der Waals surface area contributed by atoms with Crippen LogP contribution in [0.3, 0.4) is 0 Å². The molecule has 7 heteroatoms. The molecule has 0 saturated heterocycles. The van der Waals surface area contributed by atoms with Gasteiger partial charge in [0.2, 0.25) is 11.0 Å². The molecule has 3 rings (SSSR count). The minimum atomic E-state index is 0.0546. The molecular formula is C17H22N4OS2. The number of carbonyl (C=O) groups excluding carboxylic acids is 1. The van der Waals surface area contributed by atoms with Gasteiger partial charge in [0.25, 0.3) is 0 Å². The fourth-order valence-corrected chi connectivity index (χ4v) is 4.07. The Balaban J connectivity index is 1.50. The fraction of sp³-hybridized carbons (Fsp3) is 0.471. The Morgan fingerprint density at radius 2 is 2.12 bits per heavy atom. The van der Waals surface area contributed by atoms with Crippen molar-refractivity contribution < 1.29 is 4.79 Å². The van der Waals surface area contributed by atoms with Gasteiger partial charge in [-0.2, -0.15) is 0 Å². The highest BCUT2D eigenvalue weighted by Crippen LogP contribution is 2.41. The highest BCUT2D eigenvalue weighted by molar-refractivity contribution is 8.01. The monoisotopic (exact) mass is 362 g/mol. The fourth-order valence-electron chi connectivity index (χ4n) is 2.48. The van der Waals surface area contributed by atoms with Gasteiger partial charge in [-0.1, -0.05) is 60.4 Å². The van der Waals surface area contributed by atoms with Crippen molar-refractivity contribution in [3.63, 3.8) is 0 Å². The van der Waals surface area contributed by atoms with Gasteiger partial charge in [0.1, 0.15) is 0 Å². The normalized spacial score (nSPS) is 15.0. The maximum atomic E-state index is 12.3. The van der Waals surface area contributed by atoms with Crippen molar-refractivity contribution in [2.45, 2.75) is 36.6 Å². The maximum Gasteiger partial charge on any atom is 0.230 e. The minimum Gasteiger partial charge on any atom is -0.360 e. The van der Waals surface area contributed by atoms with E-state index >= 15 is 0 Å². The summed E-state index contributed by atoms with van der Waals surface area (Å²) >= 11 is 2.94. The van der Waals surface area contributed by atoms with E-state index in [2.05, 4.69) is 39.9 Å². The van der Waals surface area contributed by atoms with Crippen LogP contribution >= 0.6 is 23.1 Å². The van der Waals surface area contributed by atoms with E-state index in [0.29, 0.717) is 11.7 Å². The van der Waals surface area contributed by atoms with Gasteiger partial charge in [-0.25, -0.2) is 0 Å². The number of thioether (sulfide) groups is 1. The van der Waals surface area contributed by atoms with E-state index in [-0.39, 0.29) is 11.9 Å². The quantitative estimate of drug-likeness (QED) is 0.666. The number of hydrogen-bond donors (Lipinski definition) is 2. The zero-order valence-electron chi connectivity index (χ0n) is 13.7. The predicted molar refractivity (Wildman–Crippen MR) is 99.5 cm³/mol. The third-order valence-electron chi connectivity index (χ3n) is 3.83. The Morgan fingerprint density at radius 3 is 2.83 bits per heavy atom. The summed E-state index contributed by atoms with van der Waals surface area (Å²) < 4.78 is 0.825. The van der Waals surface area contributed by atoms with Crippen molar-refractivity contribution in [3.05, 3.63) is 35.9 Å². The minimum absolute atomic E-state index is 0.0546. The van der Waals surface area contributed by atoms with Crippen molar-refractivity contribution in [2.24, 2.45) is 5.92 Å². The molecule has 2 N–H and O–H groups in total. The van der Waals surface area contributed by atoms with Gasteiger partial charge in [-0.3, -0.25) is 4.79 Å². The molecule has 1 aromatic carbocycles. The summed E-state index contributed by atoms with van der Waals surface area (Å²) in [6.45, 7) is 3.00. The summed E-state index contributed by atoms with van der Waals surface area (Å²) in [6.07, 6.45) is 3.43. The summed E-state index contributed by atoms with van der Waals surface area (Å²) in [4.78, 5) is 12.3. The van der Waals surface area contributed by atoms with Crippen LogP contribution in [0.15, 0.2) is 34.7 Å². The standard InChI is InChI=1S/C17H22N4OS2/c1-2-10-18-16-20-21-17(24-16)23-11-14(22)19-15(13-8-9-13)12-6-4-3-5-7-12/h3-7,13,15H,2,8-11H2,1H3,(H,18,20)(H,19,22).